The van der Waals surface area contributed by atoms with Crippen LogP contribution in [0.4, 0.5) is 5.69 Å². The van der Waals surface area contributed by atoms with Gasteiger partial charge in [0.05, 0.1) is 12.6 Å². The van der Waals surface area contributed by atoms with E-state index >= 15 is 0 Å². The maximum absolute atomic E-state index is 13.7. The topological polar surface area (TPSA) is 134 Å². The number of pyridine rings is 1. The molecule has 3 atom stereocenters. The summed E-state index contributed by atoms with van der Waals surface area (Å²) in [5.74, 6) is -1.17. The zero-order valence-corrected chi connectivity index (χ0v) is 22.7. The summed E-state index contributed by atoms with van der Waals surface area (Å²) in [6, 6.07) is 8.41. The van der Waals surface area contributed by atoms with Crippen molar-refractivity contribution in [1.29, 1.82) is 0 Å². The number of sulfonamides is 1. The van der Waals surface area contributed by atoms with Gasteiger partial charge in [0, 0.05) is 44.0 Å². The monoisotopic (exact) mass is 543 g/mol. The summed E-state index contributed by atoms with van der Waals surface area (Å²) in [7, 11) is -0.471. The zero-order chi connectivity index (χ0) is 27.8. The summed E-state index contributed by atoms with van der Waals surface area (Å²) < 4.78 is 27.8. The molecule has 0 bridgehead atoms. The van der Waals surface area contributed by atoms with Crippen LogP contribution in [0.2, 0.25) is 0 Å². The fraction of sp³-hybridized carbons (Fsp3) is 0.462. The first-order chi connectivity index (χ1) is 17.9. The minimum absolute atomic E-state index is 0.0699. The molecule has 3 heterocycles. The van der Waals surface area contributed by atoms with Gasteiger partial charge in [-0.15, -0.1) is 0 Å². The molecule has 4 rings (SSSR count). The number of aromatic nitrogens is 1. The van der Waals surface area contributed by atoms with E-state index in [1.807, 2.05) is 45.0 Å². The quantitative estimate of drug-likeness (QED) is 0.384. The molecule has 0 saturated carbocycles. The molecule has 2 aliphatic rings. The number of carbonyl (C=O) groups excluding carboxylic acids is 3. The van der Waals surface area contributed by atoms with Crippen LogP contribution in [0.25, 0.3) is 0 Å². The van der Waals surface area contributed by atoms with Crippen molar-refractivity contribution in [2.24, 2.45) is 5.92 Å². The number of Topliss-reactive ketones (excluding diaryl/α,β-unsaturated/α-hetero) is 1. The molecule has 2 aromatic rings. The third-order valence-electron chi connectivity index (χ3n) is 6.98. The summed E-state index contributed by atoms with van der Waals surface area (Å²) in [5, 5.41) is 14.5. The molecule has 11 nitrogen and oxygen atoms in total. The number of nitrogens with one attached hydrogen (secondary N) is 1. The van der Waals surface area contributed by atoms with Gasteiger partial charge >= 0.3 is 15.0 Å². The van der Waals surface area contributed by atoms with Gasteiger partial charge in [-0.3, -0.25) is 14.4 Å². The van der Waals surface area contributed by atoms with E-state index < -0.39 is 57.3 Å². The molecule has 0 spiro atoms. The van der Waals surface area contributed by atoms with Crippen molar-refractivity contribution in [3.8, 4) is 0 Å². The van der Waals surface area contributed by atoms with Gasteiger partial charge in [-0.2, -0.15) is 9.04 Å². The second-order valence-electron chi connectivity index (χ2n) is 10.3. The summed E-state index contributed by atoms with van der Waals surface area (Å²) in [4.78, 5) is 43.1. The molecule has 0 radical (unpaired) electrons. The van der Waals surface area contributed by atoms with E-state index in [-0.39, 0.29) is 23.6 Å². The molecular weight excluding hydrogens is 510 g/mol. The van der Waals surface area contributed by atoms with Gasteiger partial charge in [0.2, 0.25) is 5.91 Å². The third-order valence-corrected chi connectivity index (χ3v) is 8.84. The van der Waals surface area contributed by atoms with Crippen LogP contribution in [0, 0.1) is 11.1 Å². The van der Waals surface area contributed by atoms with Gasteiger partial charge < -0.3 is 20.3 Å². The lowest BCUT2D eigenvalue weighted by atomic mass is 10.0. The first-order valence-electron chi connectivity index (χ1n) is 12.5. The molecule has 2 fully saturated rings. The molecule has 2 amide bonds. The number of benzene rings is 1. The van der Waals surface area contributed by atoms with E-state index in [2.05, 4.69) is 5.32 Å². The summed E-state index contributed by atoms with van der Waals surface area (Å²) in [6.07, 6.45) is 1.69. The lowest BCUT2D eigenvalue weighted by Crippen LogP contribution is -2.53. The van der Waals surface area contributed by atoms with E-state index in [1.165, 1.54) is 23.1 Å². The fourth-order valence-electron chi connectivity index (χ4n) is 5.12. The van der Waals surface area contributed by atoms with E-state index in [9.17, 15) is 28.0 Å². The number of hydrogen-bond acceptors (Lipinski definition) is 7. The highest BCUT2D eigenvalue weighted by molar-refractivity contribution is 7.89. The highest BCUT2D eigenvalue weighted by atomic mass is 32.2. The smallest absolute Gasteiger partial charge is 0.323 e. The number of amides is 2. The Balaban J connectivity index is 1.54. The molecule has 0 aliphatic carbocycles. The van der Waals surface area contributed by atoms with Crippen molar-refractivity contribution in [3.63, 3.8) is 0 Å². The zero-order valence-electron chi connectivity index (χ0n) is 21.9. The lowest BCUT2D eigenvalue weighted by Gasteiger charge is -2.29. The van der Waals surface area contributed by atoms with E-state index in [4.69, 9.17) is 0 Å². The van der Waals surface area contributed by atoms with Crippen LogP contribution in [0.1, 0.15) is 37.0 Å². The average molecular weight is 544 g/mol. The van der Waals surface area contributed by atoms with Crippen LogP contribution in [0.15, 0.2) is 53.7 Å². The maximum atomic E-state index is 13.7. The molecular formula is C26H33N5O6S. The number of likely N-dealkylation sites (tertiary alicyclic amines) is 1. The predicted molar refractivity (Wildman–Crippen MR) is 140 cm³/mol. The predicted octanol–water partition coefficient (Wildman–Crippen LogP) is 0.774. The molecule has 2 aliphatic heterocycles. The number of nitrogens with zero attached hydrogens (tertiary/aromatic N) is 4. The molecule has 38 heavy (non-hydrogen) atoms. The Hall–Kier alpha value is -3.51. The first-order valence-corrected chi connectivity index (χ1v) is 14.0. The van der Waals surface area contributed by atoms with Gasteiger partial charge in [-0.05, 0) is 49.1 Å². The third kappa shape index (κ3) is 5.23. The molecule has 12 heteroatoms. The minimum Gasteiger partial charge on any atom is -0.618 e. The van der Waals surface area contributed by atoms with Crippen LogP contribution >= 0.6 is 0 Å². The summed E-state index contributed by atoms with van der Waals surface area (Å²) in [5.41, 5.74) is 1.33. The number of fused-ring (bicyclic) bond motifs is 1. The molecule has 1 aromatic carbocycles. The molecule has 2 saturated heterocycles. The van der Waals surface area contributed by atoms with Crippen molar-refractivity contribution >= 4 is 33.3 Å². The standard InChI is InChI=1S/C26H33N5O6S/c1-17(2)15-20(27-25(33)18-8-10-19(11-9-18)28(3)4)26(34)29-14-12-21-24(29)22(32)16-31(21)38(36,37)23-7-5-6-13-30(23)35/h5-11,13,17,20-21,24H,12,14-16H2,1-4H3,(H,27,33). The Labute approximate surface area is 222 Å². The van der Waals surface area contributed by atoms with E-state index in [0.717, 1.165) is 16.2 Å². The largest absolute Gasteiger partial charge is 0.618 e. The van der Waals surface area contributed by atoms with Crippen LogP contribution in [-0.2, 0) is 19.6 Å². The van der Waals surface area contributed by atoms with Gasteiger partial charge in [-0.25, -0.2) is 8.42 Å². The van der Waals surface area contributed by atoms with Crippen LogP contribution in [0.5, 0.6) is 0 Å². The van der Waals surface area contributed by atoms with E-state index in [0.29, 0.717) is 12.0 Å². The van der Waals surface area contributed by atoms with Crippen molar-refractivity contribution in [2.75, 3.05) is 32.1 Å². The Morgan fingerprint density at radius 1 is 1.16 bits per heavy atom. The normalized spacial score (nSPS) is 20.4. The summed E-state index contributed by atoms with van der Waals surface area (Å²) in [6.45, 7) is 3.60. The van der Waals surface area contributed by atoms with Gasteiger partial charge in [0.15, 0.2) is 12.0 Å². The maximum Gasteiger partial charge on any atom is 0.323 e. The Morgan fingerprint density at radius 3 is 2.45 bits per heavy atom. The lowest BCUT2D eigenvalue weighted by molar-refractivity contribution is -0.646. The first kappa shape index (κ1) is 27.5. The van der Waals surface area contributed by atoms with Crippen molar-refractivity contribution in [1.82, 2.24) is 14.5 Å². The minimum atomic E-state index is -4.26. The fourth-order valence-corrected chi connectivity index (χ4v) is 6.77. The second-order valence-corrected chi connectivity index (χ2v) is 12.1. The Kier molecular flexibility index (Phi) is 7.75. The average Bonchev–Trinajstić information content (AvgIpc) is 3.44. The highest BCUT2D eigenvalue weighted by Crippen LogP contribution is 2.34. The van der Waals surface area contributed by atoms with Crippen molar-refractivity contribution in [2.45, 2.75) is 49.8 Å². The molecule has 3 unspecified atom stereocenters. The number of carbonyl (C=O) groups is 3. The molecule has 1 aromatic heterocycles. The van der Waals surface area contributed by atoms with Gasteiger partial charge in [0.1, 0.15) is 12.1 Å². The van der Waals surface area contributed by atoms with E-state index in [1.54, 1.807) is 12.1 Å². The Bertz CT molecular complexity index is 1330. The number of anilines is 1. The SMILES string of the molecule is CC(C)CC(NC(=O)c1ccc(N(C)C)cc1)C(=O)N1CCC2C1C(=O)CN2S(=O)(=O)c1cccc[n+]1[O-]. The van der Waals surface area contributed by atoms with Crippen LogP contribution in [-0.4, -0.2) is 80.5 Å². The number of rotatable bonds is 8. The van der Waals surface area contributed by atoms with Crippen LogP contribution in [0.3, 0.4) is 0 Å². The highest BCUT2D eigenvalue weighted by Gasteiger charge is 2.55. The van der Waals surface area contributed by atoms with Crippen LogP contribution < -0.4 is 14.9 Å². The summed E-state index contributed by atoms with van der Waals surface area (Å²) >= 11 is 0. The van der Waals surface area contributed by atoms with Gasteiger partial charge in [0.25, 0.3) is 5.91 Å². The Morgan fingerprint density at radius 2 is 1.84 bits per heavy atom. The number of ketones is 1. The number of hydrogen-bond donors (Lipinski definition) is 1. The van der Waals surface area contributed by atoms with Gasteiger partial charge in [-0.1, -0.05) is 13.8 Å². The van der Waals surface area contributed by atoms with Crippen molar-refractivity contribution in [3.05, 3.63) is 59.4 Å². The molecule has 1 N–H and O–H groups in total. The van der Waals surface area contributed by atoms with Crippen molar-refractivity contribution < 1.29 is 27.5 Å². The molecule has 204 valence electrons. The second kappa shape index (κ2) is 10.7.